The summed E-state index contributed by atoms with van der Waals surface area (Å²) in [6.45, 7) is 2.64. The van der Waals surface area contributed by atoms with Gasteiger partial charge in [-0.1, -0.05) is 29.8 Å². The van der Waals surface area contributed by atoms with Gasteiger partial charge in [0, 0.05) is 12.6 Å². The van der Waals surface area contributed by atoms with Gasteiger partial charge in [-0.25, -0.2) is 0 Å². The van der Waals surface area contributed by atoms with E-state index >= 15 is 0 Å². The predicted octanol–water partition coefficient (Wildman–Crippen LogP) is 2.21. The Labute approximate surface area is 118 Å². The Morgan fingerprint density at radius 1 is 1.30 bits per heavy atom. The molecule has 0 bridgehead atoms. The smallest absolute Gasteiger partial charge is 0.307 e. The van der Waals surface area contributed by atoms with Crippen LogP contribution in [0.2, 0.25) is 0 Å². The summed E-state index contributed by atoms with van der Waals surface area (Å²) in [7, 11) is 0. The number of carbonyl (C=O) groups excluding carboxylic acids is 1. The second-order valence-corrected chi connectivity index (χ2v) is 5.97. The van der Waals surface area contributed by atoms with Gasteiger partial charge in [0.05, 0.1) is 11.8 Å². The molecule has 0 radical (unpaired) electrons. The van der Waals surface area contributed by atoms with Crippen LogP contribution in [0.3, 0.4) is 0 Å². The second kappa shape index (κ2) is 4.93. The average molecular weight is 273 g/mol. The molecule has 2 unspecified atom stereocenters. The summed E-state index contributed by atoms with van der Waals surface area (Å²) in [4.78, 5) is 25.3. The van der Waals surface area contributed by atoms with Crippen LogP contribution in [0.5, 0.6) is 0 Å². The summed E-state index contributed by atoms with van der Waals surface area (Å²) in [5.74, 6) is -1.56. The zero-order valence-electron chi connectivity index (χ0n) is 11.6. The Balaban J connectivity index is 1.70. The summed E-state index contributed by atoms with van der Waals surface area (Å²) < 4.78 is 0. The van der Waals surface area contributed by atoms with Crippen molar-refractivity contribution >= 4 is 11.9 Å². The average Bonchev–Trinajstić information content (AvgIpc) is 3.28. The standard InChI is InChI=1S/C16H19NO3/c1-10-3-2-4-11(7-10)9-17(12-5-6-12)15(18)13-8-14(13)16(19)20/h2-4,7,12-14H,5-6,8-9H2,1H3,(H,19,20). The Bertz CT molecular complexity index is 550. The lowest BCUT2D eigenvalue weighted by Gasteiger charge is -2.23. The number of aliphatic carboxylic acids is 1. The number of hydrogen-bond acceptors (Lipinski definition) is 2. The molecule has 2 atom stereocenters. The van der Waals surface area contributed by atoms with Crippen molar-refractivity contribution in [2.24, 2.45) is 11.8 Å². The van der Waals surface area contributed by atoms with Gasteiger partial charge < -0.3 is 10.0 Å². The van der Waals surface area contributed by atoms with Crippen molar-refractivity contribution in [2.75, 3.05) is 0 Å². The van der Waals surface area contributed by atoms with Crippen molar-refractivity contribution in [3.05, 3.63) is 35.4 Å². The maximum Gasteiger partial charge on any atom is 0.307 e. The van der Waals surface area contributed by atoms with Gasteiger partial charge >= 0.3 is 5.97 Å². The van der Waals surface area contributed by atoms with Gasteiger partial charge in [-0.3, -0.25) is 9.59 Å². The minimum absolute atomic E-state index is 0.0291. The molecule has 0 spiro atoms. The molecule has 0 saturated heterocycles. The van der Waals surface area contributed by atoms with E-state index in [1.165, 1.54) is 5.56 Å². The first-order valence-corrected chi connectivity index (χ1v) is 7.15. The molecule has 0 aromatic heterocycles. The molecule has 1 aromatic rings. The third-order valence-electron chi connectivity index (χ3n) is 4.13. The van der Waals surface area contributed by atoms with E-state index in [1.54, 1.807) is 0 Å². The molecule has 106 valence electrons. The Hall–Kier alpha value is -1.84. The van der Waals surface area contributed by atoms with E-state index in [1.807, 2.05) is 30.0 Å². The molecular formula is C16H19NO3. The summed E-state index contributed by atoms with van der Waals surface area (Å²) in [5.41, 5.74) is 2.30. The van der Waals surface area contributed by atoms with Crippen LogP contribution in [0.4, 0.5) is 0 Å². The van der Waals surface area contributed by atoms with Crippen LogP contribution in [0, 0.1) is 18.8 Å². The van der Waals surface area contributed by atoms with Gasteiger partial charge in [-0.2, -0.15) is 0 Å². The SMILES string of the molecule is Cc1cccc(CN(C(=O)C2CC2C(=O)O)C2CC2)c1. The molecule has 2 aliphatic carbocycles. The molecule has 4 heteroatoms. The van der Waals surface area contributed by atoms with Crippen LogP contribution in [0.25, 0.3) is 0 Å². The summed E-state index contributed by atoms with van der Waals surface area (Å²) in [6, 6.07) is 8.46. The van der Waals surface area contributed by atoms with E-state index in [9.17, 15) is 9.59 Å². The van der Waals surface area contributed by atoms with Crippen LogP contribution in [0.15, 0.2) is 24.3 Å². The summed E-state index contributed by atoms with van der Waals surface area (Å²) in [5, 5.41) is 8.96. The summed E-state index contributed by atoms with van der Waals surface area (Å²) in [6.07, 6.45) is 2.59. The molecule has 2 saturated carbocycles. The van der Waals surface area contributed by atoms with Gasteiger partial charge in [-0.05, 0) is 31.7 Å². The molecule has 0 heterocycles. The van der Waals surface area contributed by atoms with E-state index in [0.29, 0.717) is 19.0 Å². The van der Waals surface area contributed by atoms with Crippen molar-refractivity contribution in [1.29, 1.82) is 0 Å². The lowest BCUT2D eigenvalue weighted by Crippen LogP contribution is -2.34. The summed E-state index contributed by atoms with van der Waals surface area (Å²) >= 11 is 0. The molecule has 2 fully saturated rings. The van der Waals surface area contributed by atoms with Gasteiger partial charge in [0.2, 0.25) is 5.91 Å². The van der Waals surface area contributed by atoms with Crippen molar-refractivity contribution in [2.45, 2.75) is 38.8 Å². The number of aryl methyl sites for hydroxylation is 1. The fourth-order valence-corrected chi connectivity index (χ4v) is 2.73. The quantitative estimate of drug-likeness (QED) is 0.894. The molecular weight excluding hydrogens is 254 g/mol. The zero-order valence-corrected chi connectivity index (χ0v) is 11.6. The molecule has 4 nitrogen and oxygen atoms in total. The number of benzene rings is 1. The number of carboxylic acids is 1. The third kappa shape index (κ3) is 2.69. The molecule has 1 N–H and O–H groups in total. The predicted molar refractivity (Wildman–Crippen MR) is 74.0 cm³/mol. The van der Waals surface area contributed by atoms with Crippen molar-refractivity contribution in [1.82, 2.24) is 4.90 Å². The molecule has 20 heavy (non-hydrogen) atoms. The number of rotatable bonds is 5. The van der Waals surface area contributed by atoms with E-state index < -0.39 is 11.9 Å². The van der Waals surface area contributed by atoms with E-state index in [2.05, 4.69) is 6.07 Å². The van der Waals surface area contributed by atoms with Gasteiger partial charge in [0.15, 0.2) is 0 Å². The van der Waals surface area contributed by atoms with Crippen LogP contribution >= 0.6 is 0 Å². The third-order valence-corrected chi connectivity index (χ3v) is 4.13. The minimum Gasteiger partial charge on any atom is -0.481 e. The highest BCUT2D eigenvalue weighted by Crippen LogP contribution is 2.42. The van der Waals surface area contributed by atoms with Crippen LogP contribution in [-0.2, 0) is 16.1 Å². The highest BCUT2D eigenvalue weighted by atomic mass is 16.4. The monoisotopic (exact) mass is 273 g/mol. The lowest BCUT2D eigenvalue weighted by atomic mass is 10.1. The highest BCUT2D eigenvalue weighted by Gasteiger charge is 2.51. The maximum atomic E-state index is 12.5. The Kier molecular flexibility index (Phi) is 3.24. The van der Waals surface area contributed by atoms with Crippen molar-refractivity contribution in [3.63, 3.8) is 0 Å². The van der Waals surface area contributed by atoms with Crippen LogP contribution in [0.1, 0.15) is 30.4 Å². The topological polar surface area (TPSA) is 57.6 Å². The van der Waals surface area contributed by atoms with Gasteiger partial charge in [0.25, 0.3) is 0 Å². The fraction of sp³-hybridized carbons (Fsp3) is 0.500. The normalized spacial score (nSPS) is 24.2. The fourth-order valence-electron chi connectivity index (χ4n) is 2.73. The van der Waals surface area contributed by atoms with Gasteiger partial charge in [0.1, 0.15) is 0 Å². The number of hydrogen-bond donors (Lipinski definition) is 1. The van der Waals surface area contributed by atoms with Crippen molar-refractivity contribution in [3.8, 4) is 0 Å². The molecule has 1 amide bonds. The second-order valence-electron chi connectivity index (χ2n) is 5.97. The molecule has 1 aromatic carbocycles. The first kappa shape index (κ1) is 13.2. The largest absolute Gasteiger partial charge is 0.481 e. The molecule has 0 aliphatic heterocycles. The zero-order chi connectivity index (χ0) is 14.3. The number of amides is 1. The van der Waals surface area contributed by atoms with Gasteiger partial charge in [-0.15, -0.1) is 0 Å². The number of nitrogens with zero attached hydrogens (tertiary/aromatic N) is 1. The lowest BCUT2D eigenvalue weighted by molar-refractivity contribution is -0.142. The van der Waals surface area contributed by atoms with E-state index in [0.717, 1.165) is 18.4 Å². The molecule has 3 rings (SSSR count). The van der Waals surface area contributed by atoms with Crippen LogP contribution in [-0.4, -0.2) is 27.9 Å². The van der Waals surface area contributed by atoms with Crippen molar-refractivity contribution < 1.29 is 14.7 Å². The Morgan fingerprint density at radius 3 is 2.60 bits per heavy atom. The number of carbonyl (C=O) groups is 2. The number of carboxylic acid groups (broad SMARTS) is 1. The molecule has 2 aliphatic rings. The van der Waals surface area contributed by atoms with E-state index in [-0.39, 0.29) is 11.8 Å². The first-order valence-electron chi connectivity index (χ1n) is 7.15. The Morgan fingerprint density at radius 2 is 2.05 bits per heavy atom. The van der Waals surface area contributed by atoms with E-state index in [4.69, 9.17) is 5.11 Å². The minimum atomic E-state index is -0.838. The van der Waals surface area contributed by atoms with Crippen LogP contribution < -0.4 is 0 Å². The maximum absolute atomic E-state index is 12.5. The first-order chi connectivity index (χ1) is 9.56. The highest BCUT2D eigenvalue weighted by molar-refractivity contribution is 5.89.